The quantitative estimate of drug-likeness (QED) is 0.940. The number of nitrogens with zero attached hydrogens (tertiary/aromatic N) is 4. The highest BCUT2D eigenvalue weighted by atomic mass is 35.5. The number of benzene rings is 1. The molecular weight excluding hydrogens is 281 g/mol. The van der Waals surface area contributed by atoms with Crippen LogP contribution in [0.5, 0.6) is 0 Å². The number of anilines is 2. The Balaban J connectivity index is 2.33. The van der Waals surface area contributed by atoms with Gasteiger partial charge in [0.15, 0.2) is 0 Å². The second-order valence-corrected chi connectivity index (χ2v) is 4.62. The molecule has 0 bridgehead atoms. The zero-order valence-electron chi connectivity index (χ0n) is 11.4. The number of aromatic nitrogens is 3. The summed E-state index contributed by atoms with van der Waals surface area (Å²) >= 11 is 5.85. The molecule has 0 radical (unpaired) electrons. The van der Waals surface area contributed by atoms with Gasteiger partial charge >= 0.3 is 0 Å². The van der Waals surface area contributed by atoms with Crippen LogP contribution >= 0.6 is 11.6 Å². The molecule has 0 aliphatic heterocycles. The van der Waals surface area contributed by atoms with Crippen LogP contribution in [-0.4, -0.2) is 29.0 Å². The lowest BCUT2D eigenvalue weighted by atomic mass is 10.1. The number of hydrogen-bond acceptors (Lipinski definition) is 5. The third-order valence-electron chi connectivity index (χ3n) is 3.07. The van der Waals surface area contributed by atoms with Gasteiger partial charge in [-0.05, 0) is 24.6 Å². The smallest absolute Gasteiger partial charge is 0.231 e. The standard InChI is InChI=1S/C13H15ClFN5/c1-8(9-6-4-5-7-10(9)15)20(3)13-18-11(14)17-12(16-2)19-13/h4-8H,1-3H3,(H,16,17,18,19). The Hall–Kier alpha value is -1.95. The maximum Gasteiger partial charge on any atom is 0.231 e. The first kappa shape index (κ1) is 14.5. The average Bonchev–Trinajstić information content (AvgIpc) is 2.45. The van der Waals surface area contributed by atoms with E-state index in [-0.39, 0.29) is 17.1 Å². The summed E-state index contributed by atoms with van der Waals surface area (Å²) in [6.07, 6.45) is 0. The molecule has 0 saturated heterocycles. The van der Waals surface area contributed by atoms with Crippen LogP contribution in [0.1, 0.15) is 18.5 Å². The molecule has 2 aromatic rings. The Morgan fingerprint density at radius 3 is 2.60 bits per heavy atom. The first-order chi connectivity index (χ1) is 9.52. The zero-order chi connectivity index (χ0) is 14.7. The van der Waals surface area contributed by atoms with Gasteiger partial charge < -0.3 is 10.2 Å². The molecule has 0 spiro atoms. The highest BCUT2D eigenvalue weighted by Crippen LogP contribution is 2.25. The minimum absolute atomic E-state index is 0.0898. The molecule has 1 aromatic carbocycles. The summed E-state index contributed by atoms with van der Waals surface area (Å²) in [4.78, 5) is 13.9. The third-order valence-corrected chi connectivity index (χ3v) is 3.24. The largest absolute Gasteiger partial charge is 0.357 e. The van der Waals surface area contributed by atoms with Crippen LogP contribution in [-0.2, 0) is 0 Å². The topological polar surface area (TPSA) is 53.9 Å². The van der Waals surface area contributed by atoms with Crippen LogP contribution in [0.3, 0.4) is 0 Å². The van der Waals surface area contributed by atoms with Crippen molar-refractivity contribution in [1.29, 1.82) is 0 Å². The van der Waals surface area contributed by atoms with Crippen molar-refractivity contribution >= 4 is 23.5 Å². The molecule has 7 heteroatoms. The second kappa shape index (κ2) is 6.00. The summed E-state index contributed by atoms with van der Waals surface area (Å²) in [6.45, 7) is 1.87. The minimum Gasteiger partial charge on any atom is -0.357 e. The Kier molecular flexibility index (Phi) is 4.34. The number of nitrogens with one attached hydrogen (secondary N) is 1. The van der Waals surface area contributed by atoms with Crippen molar-refractivity contribution in [2.24, 2.45) is 0 Å². The van der Waals surface area contributed by atoms with Gasteiger partial charge in [0, 0.05) is 19.7 Å². The van der Waals surface area contributed by atoms with Crippen LogP contribution in [0.25, 0.3) is 0 Å². The van der Waals surface area contributed by atoms with Gasteiger partial charge in [-0.3, -0.25) is 0 Å². The van der Waals surface area contributed by atoms with E-state index in [1.807, 2.05) is 6.92 Å². The minimum atomic E-state index is -0.263. The van der Waals surface area contributed by atoms with Gasteiger partial charge in [-0.2, -0.15) is 15.0 Å². The molecule has 20 heavy (non-hydrogen) atoms. The van der Waals surface area contributed by atoms with Crippen molar-refractivity contribution in [3.05, 3.63) is 40.9 Å². The fraction of sp³-hybridized carbons (Fsp3) is 0.308. The summed E-state index contributed by atoms with van der Waals surface area (Å²) in [5, 5.41) is 2.90. The van der Waals surface area contributed by atoms with Gasteiger partial charge in [0.25, 0.3) is 0 Å². The molecular formula is C13H15ClFN5. The molecule has 1 unspecified atom stereocenters. The molecule has 1 aromatic heterocycles. The highest BCUT2D eigenvalue weighted by Gasteiger charge is 2.18. The van der Waals surface area contributed by atoms with Crippen LogP contribution < -0.4 is 10.2 Å². The molecule has 5 nitrogen and oxygen atoms in total. The summed E-state index contributed by atoms with van der Waals surface area (Å²) in [6, 6.07) is 6.38. The molecule has 106 valence electrons. The van der Waals surface area contributed by atoms with Crippen LogP contribution in [0, 0.1) is 5.82 Å². The van der Waals surface area contributed by atoms with Gasteiger partial charge in [0.1, 0.15) is 5.82 Å². The van der Waals surface area contributed by atoms with Gasteiger partial charge in [0.2, 0.25) is 17.2 Å². The summed E-state index contributed by atoms with van der Waals surface area (Å²) in [5.41, 5.74) is 0.567. The van der Waals surface area contributed by atoms with E-state index in [0.29, 0.717) is 17.5 Å². The fourth-order valence-corrected chi connectivity index (χ4v) is 1.96. The van der Waals surface area contributed by atoms with Gasteiger partial charge in [-0.15, -0.1) is 0 Å². The van der Waals surface area contributed by atoms with E-state index in [0.717, 1.165) is 0 Å². The van der Waals surface area contributed by atoms with E-state index in [1.54, 1.807) is 37.2 Å². The monoisotopic (exact) mass is 295 g/mol. The fourth-order valence-electron chi connectivity index (χ4n) is 1.80. The molecule has 1 atom stereocenters. The summed E-state index contributed by atoms with van der Waals surface area (Å²) in [5.74, 6) is 0.485. The van der Waals surface area contributed by atoms with E-state index in [9.17, 15) is 4.39 Å². The first-order valence-electron chi connectivity index (χ1n) is 6.09. The predicted molar refractivity (Wildman–Crippen MR) is 77.6 cm³/mol. The van der Waals surface area contributed by atoms with Gasteiger partial charge in [-0.25, -0.2) is 4.39 Å². The van der Waals surface area contributed by atoms with Crippen molar-refractivity contribution in [2.45, 2.75) is 13.0 Å². The molecule has 0 saturated carbocycles. The molecule has 0 fully saturated rings. The summed E-state index contributed by atoms with van der Waals surface area (Å²) in [7, 11) is 3.47. The molecule has 2 rings (SSSR count). The molecule has 1 N–H and O–H groups in total. The number of hydrogen-bond donors (Lipinski definition) is 1. The van der Waals surface area contributed by atoms with Crippen molar-refractivity contribution in [2.75, 3.05) is 24.3 Å². The second-order valence-electron chi connectivity index (χ2n) is 4.29. The van der Waals surface area contributed by atoms with Crippen LogP contribution in [0.4, 0.5) is 16.3 Å². The predicted octanol–water partition coefficient (Wildman–Crippen LogP) is 2.90. The van der Waals surface area contributed by atoms with E-state index in [2.05, 4.69) is 20.3 Å². The Morgan fingerprint density at radius 2 is 1.95 bits per heavy atom. The van der Waals surface area contributed by atoms with E-state index in [4.69, 9.17) is 11.6 Å². The van der Waals surface area contributed by atoms with E-state index >= 15 is 0 Å². The first-order valence-corrected chi connectivity index (χ1v) is 6.47. The lowest BCUT2D eigenvalue weighted by Crippen LogP contribution is -2.25. The highest BCUT2D eigenvalue weighted by molar-refractivity contribution is 6.28. The van der Waals surface area contributed by atoms with Crippen molar-refractivity contribution in [3.8, 4) is 0 Å². The zero-order valence-corrected chi connectivity index (χ0v) is 12.2. The molecule has 0 amide bonds. The van der Waals surface area contributed by atoms with Crippen molar-refractivity contribution < 1.29 is 4.39 Å². The number of halogens is 2. The van der Waals surface area contributed by atoms with Crippen molar-refractivity contribution in [1.82, 2.24) is 15.0 Å². The number of rotatable bonds is 4. The van der Waals surface area contributed by atoms with E-state index < -0.39 is 0 Å². The Bertz CT molecular complexity index is 607. The lowest BCUT2D eigenvalue weighted by Gasteiger charge is -2.25. The van der Waals surface area contributed by atoms with Crippen molar-refractivity contribution in [3.63, 3.8) is 0 Å². The maximum atomic E-state index is 13.8. The van der Waals surface area contributed by atoms with Crippen LogP contribution in [0.2, 0.25) is 5.28 Å². The molecule has 0 aliphatic rings. The van der Waals surface area contributed by atoms with E-state index in [1.165, 1.54) is 6.07 Å². The average molecular weight is 296 g/mol. The molecule has 0 aliphatic carbocycles. The Labute approximate surface area is 121 Å². The molecule has 1 heterocycles. The maximum absolute atomic E-state index is 13.8. The SMILES string of the molecule is CNc1nc(Cl)nc(N(C)C(C)c2ccccc2F)n1. The normalized spacial score (nSPS) is 12.1. The summed E-state index contributed by atoms with van der Waals surface area (Å²) < 4.78 is 13.8. The van der Waals surface area contributed by atoms with Gasteiger partial charge in [0.05, 0.1) is 6.04 Å². The third kappa shape index (κ3) is 2.96. The van der Waals surface area contributed by atoms with Crippen LogP contribution in [0.15, 0.2) is 24.3 Å². The Morgan fingerprint density at radius 1 is 1.25 bits per heavy atom. The lowest BCUT2D eigenvalue weighted by molar-refractivity contribution is 0.582. The van der Waals surface area contributed by atoms with Gasteiger partial charge in [-0.1, -0.05) is 18.2 Å².